The van der Waals surface area contributed by atoms with Gasteiger partial charge in [-0.25, -0.2) is 0 Å². The van der Waals surface area contributed by atoms with Crippen LogP contribution >= 0.6 is 12.4 Å². The quantitative estimate of drug-likeness (QED) is 0.212. The number of hydrogen-bond acceptors (Lipinski definition) is 5. The molecule has 2 N–H and O–H groups in total. The molecule has 0 atom stereocenters. The van der Waals surface area contributed by atoms with Crippen LogP contribution in [0.25, 0.3) is 11.0 Å². The van der Waals surface area contributed by atoms with E-state index >= 15 is 0 Å². The first-order chi connectivity index (χ1) is 16.7. The number of carboxylic acid groups (broad SMARTS) is 1. The van der Waals surface area contributed by atoms with Crippen molar-refractivity contribution in [3.63, 3.8) is 0 Å². The molecular weight excluding hydrogens is 478 g/mol. The predicted octanol–water partition coefficient (Wildman–Crippen LogP) is 6.92. The number of furan rings is 1. The lowest BCUT2D eigenvalue weighted by molar-refractivity contribution is -0.137. The van der Waals surface area contributed by atoms with Crippen molar-refractivity contribution in [1.82, 2.24) is 5.32 Å². The summed E-state index contributed by atoms with van der Waals surface area (Å²) >= 11 is 0. The first kappa shape index (κ1) is 31.2. The average Bonchev–Trinajstić information content (AvgIpc) is 3.16. The van der Waals surface area contributed by atoms with Gasteiger partial charge in [-0.15, -0.1) is 12.4 Å². The molecule has 1 heterocycles. The van der Waals surface area contributed by atoms with E-state index < -0.39 is 5.97 Å². The third kappa shape index (κ3) is 10.0. The van der Waals surface area contributed by atoms with Crippen LogP contribution in [-0.2, 0) is 11.2 Å². The van der Waals surface area contributed by atoms with E-state index in [2.05, 4.69) is 33.0 Å². The van der Waals surface area contributed by atoms with Crippen LogP contribution in [0, 0.1) is 5.41 Å². The lowest BCUT2D eigenvalue weighted by Crippen LogP contribution is -2.30. The summed E-state index contributed by atoms with van der Waals surface area (Å²) in [6.45, 7) is 12.9. The first-order valence-corrected chi connectivity index (χ1v) is 12.4. The fraction of sp³-hybridized carbons (Fsp3) is 0.448. The van der Waals surface area contributed by atoms with Gasteiger partial charge in [0.2, 0.25) is 0 Å². The van der Waals surface area contributed by atoms with E-state index in [-0.39, 0.29) is 23.6 Å². The first-order valence-electron chi connectivity index (χ1n) is 12.4. The molecular formula is C29H40ClNO5. The number of ether oxygens (including phenoxy) is 1. The van der Waals surface area contributed by atoms with E-state index in [0.717, 1.165) is 54.8 Å². The summed E-state index contributed by atoms with van der Waals surface area (Å²) in [6.07, 6.45) is 2.70. The zero-order valence-corrected chi connectivity index (χ0v) is 22.9. The zero-order valence-electron chi connectivity index (χ0n) is 22.1. The highest BCUT2D eigenvalue weighted by Crippen LogP contribution is 2.29. The highest BCUT2D eigenvalue weighted by Gasteiger charge is 2.21. The van der Waals surface area contributed by atoms with Crippen LogP contribution < -0.4 is 10.1 Å². The molecule has 0 fully saturated rings. The molecule has 0 aliphatic rings. The van der Waals surface area contributed by atoms with Crippen molar-refractivity contribution in [3.8, 4) is 5.75 Å². The molecule has 0 amide bonds. The second kappa shape index (κ2) is 15.3. The molecule has 3 rings (SSSR count). The molecule has 198 valence electrons. The SMILES string of the molecule is CCCC(=O)O.CCCc1oc2ccccc2c1C(=O)c1ccc(OCCNCC(C)(C)C)cc1.Cl. The van der Waals surface area contributed by atoms with Gasteiger partial charge in [0.1, 0.15) is 23.7 Å². The molecule has 36 heavy (non-hydrogen) atoms. The Hall–Kier alpha value is -2.83. The maximum atomic E-state index is 13.2. The van der Waals surface area contributed by atoms with Crippen LogP contribution in [0.4, 0.5) is 0 Å². The molecule has 1 aromatic heterocycles. The van der Waals surface area contributed by atoms with Crippen molar-refractivity contribution >= 4 is 35.1 Å². The number of ketones is 1. The standard InChI is InChI=1S/C25H31NO3.C4H8O2.ClH/c1-5-8-22-23(20-9-6-7-10-21(20)29-22)24(27)18-11-13-19(14-12-18)28-16-15-26-17-25(2,3)4;1-2-3-4(5)6;/h6-7,9-14,26H,5,8,15-17H2,1-4H3;2-3H2,1H3,(H,5,6);1H. The van der Waals surface area contributed by atoms with E-state index in [1.54, 1.807) is 0 Å². The minimum atomic E-state index is -0.711. The van der Waals surface area contributed by atoms with Crippen LogP contribution in [0.1, 0.15) is 75.6 Å². The Bertz CT molecular complexity index is 1080. The van der Waals surface area contributed by atoms with Crippen LogP contribution in [-0.4, -0.2) is 36.6 Å². The molecule has 0 radical (unpaired) electrons. The van der Waals surface area contributed by atoms with E-state index in [0.29, 0.717) is 24.2 Å². The summed E-state index contributed by atoms with van der Waals surface area (Å²) in [5, 5.41) is 12.2. The zero-order chi connectivity index (χ0) is 25.8. The van der Waals surface area contributed by atoms with Crippen molar-refractivity contribution in [2.45, 2.75) is 60.3 Å². The summed E-state index contributed by atoms with van der Waals surface area (Å²) in [5.74, 6) is 0.822. The Balaban J connectivity index is 0.000000827. The Kier molecular flexibility index (Phi) is 13.3. The van der Waals surface area contributed by atoms with Crippen LogP contribution in [0.5, 0.6) is 5.75 Å². The Morgan fingerprint density at radius 3 is 2.22 bits per heavy atom. The molecule has 0 saturated heterocycles. The minimum absolute atomic E-state index is 0. The number of carboxylic acids is 1. The second-order valence-corrected chi connectivity index (χ2v) is 9.73. The smallest absolute Gasteiger partial charge is 0.303 e. The number of rotatable bonds is 11. The van der Waals surface area contributed by atoms with Gasteiger partial charge in [0, 0.05) is 36.9 Å². The predicted molar refractivity (Wildman–Crippen MR) is 148 cm³/mol. The van der Waals surface area contributed by atoms with Crippen molar-refractivity contribution in [2.24, 2.45) is 5.41 Å². The summed E-state index contributed by atoms with van der Waals surface area (Å²) in [7, 11) is 0. The average molecular weight is 518 g/mol. The molecule has 6 nitrogen and oxygen atoms in total. The Morgan fingerprint density at radius 2 is 1.67 bits per heavy atom. The summed E-state index contributed by atoms with van der Waals surface area (Å²) in [6, 6.07) is 15.1. The molecule has 0 spiro atoms. The number of fused-ring (bicyclic) bond motifs is 1. The van der Waals surface area contributed by atoms with Gasteiger partial charge in [-0.2, -0.15) is 0 Å². The third-order valence-electron chi connectivity index (χ3n) is 5.16. The van der Waals surface area contributed by atoms with Gasteiger partial charge >= 0.3 is 5.97 Å². The topological polar surface area (TPSA) is 88.8 Å². The summed E-state index contributed by atoms with van der Waals surface area (Å²) in [4.78, 5) is 22.8. The largest absolute Gasteiger partial charge is 0.492 e. The van der Waals surface area contributed by atoms with Gasteiger partial charge in [0.15, 0.2) is 5.78 Å². The van der Waals surface area contributed by atoms with Gasteiger partial charge in [0.05, 0.1) is 5.56 Å². The number of para-hydroxylation sites is 1. The summed E-state index contributed by atoms with van der Waals surface area (Å²) < 4.78 is 11.7. The molecule has 3 aromatic rings. The Morgan fingerprint density at radius 1 is 1.00 bits per heavy atom. The number of aryl methyl sites for hydroxylation is 1. The highest BCUT2D eigenvalue weighted by molar-refractivity contribution is 6.16. The fourth-order valence-electron chi connectivity index (χ4n) is 3.51. The molecule has 0 saturated carbocycles. The van der Waals surface area contributed by atoms with Crippen molar-refractivity contribution in [1.29, 1.82) is 0 Å². The summed E-state index contributed by atoms with van der Waals surface area (Å²) in [5.41, 5.74) is 2.35. The molecule has 2 aromatic carbocycles. The van der Waals surface area contributed by atoms with Crippen molar-refractivity contribution < 1.29 is 23.8 Å². The minimum Gasteiger partial charge on any atom is -0.492 e. The molecule has 0 aliphatic heterocycles. The van der Waals surface area contributed by atoms with E-state index in [1.807, 2.05) is 55.5 Å². The van der Waals surface area contributed by atoms with E-state index in [9.17, 15) is 9.59 Å². The van der Waals surface area contributed by atoms with Gasteiger partial charge in [0.25, 0.3) is 0 Å². The number of aliphatic carboxylic acids is 1. The number of halogens is 1. The van der Waals surface area contributed by atoms with Crippen LogP contribution in [0.2, 0.25) is 0 Å². The normalized spacial score (nSPS) is 10.8. The van der Waals surface area contributed by atoms with E-state index in [4.69, 9.17) is 14.3 Å². The molecule has 0 aliphatic carbocycles. The van der Waals surface area contributed by atoms with E-state index in [1.165, 1.54) is 0 Å². The van der Waals surface area contributed by atoms with Crippen LogP contribution in [0.15, 0.2) is 52.9 Å². The van der Waals surface area contributed by atoms with Gasteiger partial charge < -0.3 is 19.6 Å². The fourth-order valence-corrected chi connectivity index (χ4v) is 3.51. The third-order valence-corrected chi connectivity index (χ3v) is 5.16. The monoisotopic (exact) mass is 517 g/mol. The maximum absolute atomic E-state index is 13.2. The number of carbonyl (C=O) groups is 2. The maximum Gasteiger partial charge on any atom is 0.303 e. The molecule has 7 heteroatoms. The van der Waals surface area contributed by atoms with Gasteiger partial charge in [-0.3, -0.25) is 9.59 Å². The van der Waals surface area contributed by atoms with Gasteiger partial charge in [-0.1, -0.05) is 52.8 Å². The molecule has 0 unspecified atom stereocenters. The van der Waals surface area contributed by atoms with Crippen LogP contribution in [0.3, 0.4) is 0 Å². The number of nitrogens with one attached hydrogen (secondary N) is 1. The van der Waals surface area contributed by atoms with Crippen molar-refractivity contribution in [3.05, 3.63) is 65.4 Å². The second-order valence-electron chi connectivity index (χ2n) is 9.73. The number of hydrogen-bond donors (Lipinski definition) is 2. The highest BCUT2D eigenvalue weighted by atomic mass is 35.5. The van der Waals surface area contributed by atoms with Crippen molar-refractivity contribution in [2.75, 3.05) is 19.7 Å². The van der Waals surface area contributed by atoms with Gasteiger partial charge in [-0.05, 0) is 48.6 Å². The lowest BCUT2D eigenvalue weighted by Gasteiger charge is -2.18. The number of benzene rings is 2. The molecule has 0 bridgehead atoms. The lowest BCUT2D eigenvalue weighted by atomic mass is 9.97. The number of carbonyl (C=O) groups excluding carboxylic acids is 1. The Labute approximate surface area is 220 Å².